The minimum atomic E-state index is -0.233. The molecule has 1 aromatic rings. The molecule has 112 valence electrons. The van der Waals surface area contributed by atoms with E-state index in [1.807, 2.05) is 6.92 Å². The summed E-state index contributed by atoms with van der Waals surface area (Å²) in [6.45, 7) is 2.93. The molecule has 3 N–H and O–H groups in total. The van der Waals surface area contributed by atoms with Crippen molar-refractivity contribution in [3.63, 3.8) is 0 Å². The van der Waals surface area contributed by atoms with Crippen LogP contribution < -0.4 is 16.0 Å². The van der Waals surface area contributed by atoms with Gasteiger partial charge in [0.05, 0.1) is 11.3 Å². The van der Waals surface area contributed by atoms with Gasteiger partial charge in [0.25, 0.3) is 5.91 Å². The number of nitrogens with one attached hydrogen (secondary N) is 3. The van der Waals surface area contributed by atoms with Crippen LogP contribution in [0.2, 0.25) is 5.02 Å². The molecule has 0 radical (unpaired) electrons. The number of hydrogen-bond donors (Lipinski definition) is 3. The van der Waals surface area contributed by atoms with Gasteiger partial charge in [-0.25, -0.2) is 0 Å². The third kappa shape index (κ3) is 5.77. The van der Waals surface area contributed by atoms with Crippen molar-refractivity contribution in [2.75, 3.05) is 25.5 Å². The molecular weight excluding hydrogens is 301 g/mol. The Labute approximate surface area is 129 Å². The highest BCUT2D eigenvalue weighted by Gasteiger charge is 2.13. The van der Waals surface area contributed by atoms with Crippen LogP contribution in [0.3, 0.4) is 0 Å². The van der Waals surface area contributed by atoms with E-state index >= 15 is 0 Å². The number of benzene rings is 1. The second kappa shape index (κ2) is 9.58. The lowest BCUT2D eigenvalue weighted by Gasteiger charge is -2.11. The summed E-state index contributed by atoms with van der Waals surface area (Å²) in [7, 11) is 1.77. The Balaban J connectivity index is 0.00000361. The van der Waals surface area contributed by atoms with E-state index in [-0.39, 0.29) is 24.2 Å². The SMILES string of the molecule is CCNC(=O)c1ccc(Cl)cc1NC(=O)CCNC.Cl. The number of carbonyl (C=O) groups is 2. The van der Waals surface area contributed by atoms with E-state index < -0.39 is 0 Å². The van der Waals surface area contributed by atoms with Gasteiger partial charge in [0.1, 0.15) is 0 Å². The fourth-order valence-electron chi connectivity index (χ4n) is 1.52. The molecule has 0 aliphatic rings. The Morgan fingerprint density at radius 1 is 1.30 bits per heavy atom. The highest BCUT2D eigenvalue weighted by atomic mass is 35.5. The van der Waals surface area contributed by atoms with Crippen LogP contribution in [0.5, 0.6) is 0 Å². The molecule has 7 heteroatoms. The lowest BCUT2D eigenvalue weighted by Crippen LogP contribution is -2.25. The molecule has 1 rings (SSSR count). The van der Waals surface area contributed by atoms with Gasteiger partial charge < -0.3 is 16.0 Å². The molecule has 0 aromatic heterocycles. The van der Waals surface area contributed by atoms with Crippen LogP contribution in [0.1, 0.15) is 23.7 Å². The maximum absolute atomic E-state index is 11.9. The highest BCUT2D eigenvalue weighted by molar-refractivity contribution is 6.31. The lowest BCUT2D eigenvalue weighted by atomic mass is 10.1. The molecule has 0 atom stereocenters. The molecule has 2 amide bonds. The van der Waals surface area contributed by atoms with Crippen molar-refractivity contribution < 1.29 is 9.59 Å². The van der Waals surface area contributed by atoms with Crippen LogP contribution >= 0.6 is 24.0 Å². The van der Waals surface area contributed by atoms with Crippen molar-refractivity contribution in [2.45, 2.75) is 13.3 Å². The van der Waals surface area contributed by atoms with Crippen LogP contribution in [-0.2, 0) is 4.79 Å². The topological polar surface area (TPSA) is 70.2 Å². The molecule has 0 aliphatic carbocycles. The monoisotopic (exact) mass is 319 g/mol. The molecule has 0 unspecified atom stereocenters. The first-order chi connectivity index (χ1) is 9.08. The van der Waals surface area contributed by atoms with E-state index in [1.165, 1.54) is 0 Å². The summed E-state index contributed by atoms with van der Waals surface area (Å²) in [6, 6.07) is 4.79. The van der Waals surface area contributed by atoms with Crippen LogP contribution in [0.15, 0.2) is 18.2 Å². The molecule has 0 bridgehead atoms. The highest BCUT2D eigenvalue weighted by Crippen LogP contribution is 2.21. The van der Waals surface area contributed by atoms with Crippen LogP contribution in [0.4, 0.5) is 5.69 Å². The Morgan fingerprint density at radius 3 is 2.60 bits per heavy atom. The van der Waals surface area contributed by atoms with Crippen molar-refractivity contribution in [1.29, 1.82) is 0 Å². The van der Waals surface area contributed by atoms with Crippen molar-refractivity contribution in [2.24, 2.45) is 0 Å². The zero-order valence-corrected chi connectivity index (χ0v) is 13.0. The van der Waals surface area contributed by atoms with Gasteiger partial charge >= 0.3 is 0 Å². The number of rotatable bonds is 6. The largest absolute Gasteiger partial charge is 0.352 e. The van der Waals surface area contributed by atoms with Gasteiger partial charge in [-0.1, -0.05) is 11.6 Å². The van der Waals surface area contributed by atoms with Gasteiger partial charge in [-0.05, 0) is 32.2 Å². The third-order valence-corrected chi connectivity index (χ3v) is 2.67. The van der Waals surface area contributed by atoms with Crippen LogP contribution in [0, 0.1) is 0 Å². The van der Waals surface area contributed by atoms with Gasteiger partial charge in [-0.15, -0.1) is 12.4 Å². The van der Waals surface area contributed by atoms with Crippen molar-refractivity contribution >= 4 is 41.5 Å². The number of carbonyl (C=O) groups excluding carboxylic acids is 2. The Morgan fingerprint density at radius 2 is 2.00 bits per heavy atom. The summed E-state index contributed by atoms with van der Waals surface area (Å²) in [5.74, 6) is -0.398. The van der Waals surface area contributed by atoms with Crippen molar-refractivity contribution in [3.8, 4) is 0 Å². The van der Waals surface area contributed by atoms with Crippen LogP contribution in [-0.4, -0.2) is 32.0 Å². The van der Waals surface area contributed by atoms with E-state index in [0.29, 0.717) is 35.8 Å². The van der Waals surface area contributed by atoms with E-state index in [4.69, 9.17) is 11.6 Å². The third-order valence-electron chi connectivity index (χ3n) is 2.44. The van der Waals surface area contributed by atoms with E-state index in [1.54, 1.807) is 25.2 Å². The zero-order valence-electron chi connectivity index (χ0n) is 11.5. The molecule has 1 aromatic carbocycles. The van der Waals surface area contributed by atoms with Crippen molar-refractivity contribution in [3.05, 3.63) is 28.8 Å². The summed E-state index contributed by atoms with van der Waals surface area (Å²) in [6.07, 6.45) is 0.331. The molecule has 20 heavy (non-hydrogen) atoms. The Kier molecular flexibility index (Phi) is 8.96. The number of amides is 2. The standard InChI is InChI=1S/C13H18ClN3O2.ClH/c1-3-16-13(19)10-5-4-9(14)8-11(10)17-12(18)6-7-15-2;/h4-5,8,15H,3,6-7H2,1-2H3,(H,16,19)(H,17,18);1H. The maximum atomic E-state index is 11.9. The molecule has 0 aliphatic heterocycles. The van der Waals surface area contributed by atoms with Gasteiger partial charge in [-0.3, -0.25) is 9.59 Å². The maximum Gasteiger partial charge on any atom is 0.253 e. The second-order valence-electron chi connectivity index (χ2n) is 3.95. The molecular formula is C13H19Cl2N3O2. The average Bonchev–Trinajstić information content (AvgIpc) is 2.36. The zero-order chi connectivity index (χ0) is 14.3. The molecule has 0 saturated carbocycles. The fourth-order valence-corrected chi connectivity index (χ4v) is 1.70. The van der Waals surface area contributed by atoms with E-state index in [9.17, 15) is 9.59 Å². The Bertz CT molecular complexity index is 467. The minimum absolute atomic E-state index is 0. The van der Waals surface area contributed by atoms with Gasteiger partial charge in [0, 0.05) is 24.5 Å². The summed E-state index contributed by atoms with van der Waals surface area (Å²) in [5, 5.41) is 8.75. The van der Waals surface area contributed by atoms with Gasteiger partial charge in [-0.2, -0.15) is 0 Å². The predicted molar refractivity (Wildman–Crippen MR) is 83.9 cm³/mol. The average molecular weight is 320 g/mol. The predicted octanol–water partition coefficient (Wildman–Crippen LogP) is 2.06. The molecule has 5 nitrogen and oxygen atoms in total. The summed E-state index contributed by atoms with van der Waals surface area (Å²) in [5.41, 5.74) is 0.837. The second-order valence-corrected chi connectivity index (χ2v) is 4.39. The van der Waals surface area contributed by atoms with Gasteiger partial charge in [0.2, 0.25) is 5.91 Å². The lowest BCUT2D eigenvalue weighted by molar-refractivity contribution is -0.116. The van der Waals surface area contributed by atoms with Crippen LogP contribution in [0.25, 0.3) is 0 Å². The number of halogens is 2. The molecule has 0 saturated heterocycles. The summed E-state index contributed by atoms with van der Waals surface area (Å²) in [4.78, 5) is 23.5. The smallest absolute Gasteiger partial charge is 0.253 e. The normalized spacial score (nSPS) is 9.55. The molecule has 0 fully saturated rings. The first kappa shape index (κ1) is 18.7. The number of hydrogen-bond acceptors (Lipinski definition) is 3. The van der Waals surface area contributed by atoms with Gasteiger partial charge in [0.15, 0.2) is 0 Å². The first-order valence-corrected chi connectivity index (χ1v) is 6.48. The van der Waals surface area contributed by atoms with E-state index in [0.717, 1.165) is 0 Å². The summed E-state index contributed by atoms with van der Waals surface area (Å²) < 4.78 is 0. The quantitative estimate of drug-likeness (QED) is 0.751. The molecule has 0 heterocycles. The Hall–Kier alpha value is -1.30. The number of anilines is 1. The van der Waals surface area contributed by atoms with E-state index in [2.05, 4.69) is 16.0 Å². The van der Waals surface area contributed by atoms with Crippen molar-refractivity contribution in [1.82, 2.24) is 10.6 Å². The fraction of sp³-hybridized carbons (Fsp3) is 0.385. The molecule has 0 spiro atoms. The minimum Gasteiger partial charge on any atom is -0.352 e. The summed E-state index contributed by atoms with van der Waals surface area (Å²) >= 11 is 5.89. The first-order valence-electron chi connectivity index (χ1n) is 6.10.